The van der Waals surface area contributed by atoms with Gasteiger partial charge in [0.05, 0.1) is 24.2 Å². The number of hydrogen-bond donors (Lipinski definition) is 1. The maximum absolute atomic E-state index is 5.29. The second-order valence-electron chi connectivity index (χ2n) is 4.85. The number of benzene rings is 3. The third-order valence-electron chi connectivity index (χ3n) is 3.34. The molecule has 0 aliphatic rings. The summed E-state index contributed by atoms with van der Waals surface area (Å²) in [7, 11) is 1.67. The molecular formula is C19H18N2O. The normalized spacial score (nSPS) is 10.0. The van der Waals surface area contributed by atoms with Crippen molar-refractivity contribution in [1.29, 1.82) is 0 Å². The van der Waals surface area contributed by atoms with Crippen molar-refractivity contribution in [3.8, 4) is 5.75 Å². The van der Waals surface area contributed by atoms with Crippen LogP contribution in [0.2, 0.25) is 0 Å². The minimum Gasteiger partial charge on any atom is -0.497 e. The standard InChI is InChI=1S/C19H18N2O/c1-22-19-14-8-9-16(15-19)20-21(17-10-4-2-5-11-17)18-12-6-3-7-13-18/h2-15,20H,1H3. The number of anilines is 3. The Bertz CT molecular complexity index is 674. The van der Waals surface area contributed by atoms with Gasteiger partial charge in [-0.2, -0.15) is 0 Å². The average Bonchev–Trinajstić information content (AvgIpc) is 2.61. The molecule has 3 aromatic carbocycles. The lowest BCUT2D eigenvalue weighted by molar-refractivity contribution is 0.415. The molecule has 3 heteroatoms. The molecule has 110 valence electrons. The van der Waals surface area contributed by atoms with Gasteiger partial charge < -0.3 is 4.74 Å². The molecule has 0 bridgehead atoms. The minimum absolute atomic E-state index is 0.825. The Morgan fingerprint density at radius 2 is 1.32 bits per heavy atom. The Morgan fingerprint density at radius 1 is 0.727 bits per heavy atom. The molecule has 0 spiro atoms. The second-order valence-corrected chi connectivity index (χ2v) is 4.85. The molecule has 22 heavy (non-hydrogen) atoms. The number of methoxy groups -OCH3 is 1. The smallest absolute Gasteiger partial charge is 0.120 e. The quantitative estimate of drug-likeness (QED) is 0.679. The van der Waals surface area contributed by atoms with Gasteiger partial charge in [-0.3, -0.25) is 10.4 Å². The van der Waals surface area contributed by atoms with Crippen molar-refractivity contribution in [2.45, 2.75) is 0 Å². The topological polar surface area (TPSA) is 24.5 Å². The van der Waals surface area contributed by atoms with Gasteiger partial charge in [0, 0.05) is 6.07 Å². The van der Waals surface area contributed by atoms with Gasteiger partial charge in [-0.1, -0.05) is 42.5 Å². The van der Waals surface area contributed by atoms with E-state index in [9.17, 15) is 0 Å². The van der Waals surface area contributed by atoms with Crippen molar-refractivity contribution in [3.05, 3.63) is 84.9 Å². The first-order chi connectivity index (χ1) is 10.9. The largest absolute Gasteiger partial charge is 0.497 e. The molecule has 0 amide bonds. The van der Waals surface area contributed by atoms with Crippen LogP contribution in [0.1, 0.15) is 0 Å². The van der Waals surface area contributed by atoms with Crippen LogP contribution in [-0.2, 0) is 0 Å². The highest BCUT2D eigenvalue weighted by molar-refractivity contribution is 5.68. The van der Waals surface area contributed by atoms with Crippen molar-refractivity contribution in [3.63, 3.8) is 0 Å². The maximum atomic E-state index is 5.29. The van der Waals surface area contributed by atoms with E-state index in [1.165, 1.54) is 0 Å². The number of nitrogens with one attached hydrogen (secondary N) is 1. The van der Waals surface area contributed by atoms with E-state index in [4.69, 9.17) is 4.74 Å². The molecule has 0 aliphatic carbocycles. The number of rotatable bonds is 5. The van der Waals surface area contributed by atoms with Crippen LogP contribution in [0.25, 0.3) is 0 Å². The zero-order chi connectivity index (χ0) is 15.2. The van der Waals surface area contributed by atoms with E-state index in [-0.39, 0.29) is 0 Å². The highest BCUT2D eigenvalue weighted by Gasteiger charge is 2.09. The molecule has 0 unspecified atom stereocenters. The fraction of sp³-hybridized carbons (Fsp3) is 0.0526. The van der Waals surface area contributed by atoms with Gasteiger partial charge in [-0.05, 0) is 36.4 Å². The van der Waals surface area contributed by atoms with Crippen molar-refractivity contribution >= 4 is 17.1 Å². The van der Waals surface area contributed by atoms with Gasteiger partial charge in [0.25, 0.3) is 0 Å². The summed E-state index contributed by atoms with van der Waals surface area (Å²) >= 11 is 0. The summed E-state index contributed by atoms with van der Waals surface area (Å²) in [6, 6.07) is 28.3. The van der Waals surface area contributed by atoms with Crippen molar-refractivity contribution in [1.82, 2.24) is 0 Å². The van der Waals surface area contributed by atoms with E-state index in [1.807, 2.05) is 60.7 Å². The van der Waals surface area contributed by atoms with Crippen LogP contribution < -0.4 is 15.2 Å². The number of hydrazine groups is 1. The molecular weight excluding hydrogens is 272 g/mol. The monoisotopic (exact) mass is 290 g/mol. The SMILES string of the molecule is COc1cccc(NN(c2ccccc2)c2ccccc2)c1. The highest BCUT2D eigenvalue weighted by Crippen LogP contribution is 2.27. The van der Waals surface area contributed by atoms with Crippen LogP contribution in [0, 0.1) is 0 Å². The summed E-state index contributed by atoms with van der Waals surface area (Å²) in [5, 5.41) is 2.05. The zero-order valence-electron chi connectivity index (χ0n) is 12.4. The lowest BCUT2D eigenvalue weighted by Gasteiger charge is -2.26. The Labute approximate surface area is 130 Å². The van der Waals surface area contributed by atoms with Crippen LogP contribution in [0.5, 0.6) is 5.75 Å². The van der Waals surface area contributed by atoms with Crippen LogP contribution >= 0.6 is 0 Å². The minimum atomic E-state index is 0.825. The molecule has 0 saturated heterocycles. The fourth-order valence-corrected chi connectivity index (χ4v) is 2.25. The van der Waals surface area contributed by atoms with Crippen molar-refractivity contribution in [2.24, 2.45) is 0 Å². The van der Waals surface area contributed by atoms with Gasteiger partial charge >= 0.3 is 0 Å². The first-order valence-electron chi connectivity index (χ1n) is 7.18. The number of para-hydroxylation sites is 2. The molecule has 3 aromatic rings. The maximum Gasteiger partial charge on any atom is 0.120 e. The van der Waals surface area contributed by atoms with E-state index in [0.29, 0.717) is 0 Å². The summed E-state index contributed by atoms with van der Waals surface area (Å²) in [6.07, 6.45) is 0. The van der Waals surface area contributed by atoms with Gasteiger partial charge in [-0.25, -0.2) is 0 Å². The lowest BCUT2D eigenvalue weighted by Crippen LogP contribution is -2.24. The summed E-state index contributed by atoms with van der Waals surface area (Å²) in [5.74, 6) is 0.825. The molecule has 0 aliphatic heterocycles. The first kappa shape index (κ1) is 14.0. The molecule has 0 heterocycles. The van der Waals surface area contributed by atoms with Gasteiger partial charge in [0.15, 0.2) is 0 Å². The lowest BCUT2D eigenvalue weighted by atomic mass is 10.2. The van der Waals surface area contributed by atoms with Gasteiger partial charge in [-0.15, -0.1) is 0 Å². The second kappa shape index (κ2) is 6.68. The molecule has 0 atom stereocenters. The van der Waals surface area contributed by atoms with E-state index in [2.05, 4.69) is 34.7 Å². The van der Waals surface area contributed by atoms with E-state index in [0.717, 1.165) is 22.8 Å². The molecule has 3 rings (SSSR count). The van der Waals surface area contributed by atoms with Crippen LogP contribution in [0.4, 0.5) is 17.1 Å². The van der Waals surface area contributed by atoms with E-state index >= 15 is 0 Å². The van der Waals surface area contributed by atoms with Crippen LogP contribution in [-0.4, -0.2) is 7.11 Å². The Morgan fingerprint density at radius 3 is 1.86 bits per heavy atom. The summed E-state index contributed by atoms with van der Waals surface area (Å²) in [5.41, 5.74) is 6.54. The zero-order valence-corrected chi connectivity index (χ0v) is 12.4. The number of ether oxygens (including phenoxy) is 1. The third-order valence-corrected chi connectivity index (χ3v) is 3.34. The predicted molar refractivity (Wildman–Crippen MR) is 91.6 cm³/mol. The molecule has 0 radical (unpaired) electrons. The summed E-state index contributed by atoms with van der Waals surface area (Å²) in [4.78, 5) is 0. The van der Waals surface area contributed by atoms with Crippen LogP contribution in [0.3, 0.4) is 0 Å². The molecule has 3 nitrogen and oxygen atoms in total. The average molecular weight is 290 g/mol. The summed E-state index contributed by atoms with van der Waals surface area (Å²) < 4.78 is 5.29. The Hall–Kier alpha value is -2.94. The molecule has 0 fully saturated rings. The fourth-order valence-electron chi connectivity index (χ4n) is 2.25. The summed E-state index contributed by atoms with van der Waals surface area (Å²) in [6.45, 7) is 0. The van der Waals surface area contributed by atoms with Crippen molar-refractivity contribution < 1.29 is 4.74 Å². The third kappa shape index (κ3) is 3.20. The Kier molecular flexibility index (Phi) is 4.25. The number of hydrogen-bond acceptors (Lipinski definition) is 3. The van der Waals surface area contributed by atoms with Crippen molar-refractivity contribution in [2.75, 3.05) is 17.5 Å². The predicted octanol–water partition coefficient (Wildman–Crippen LogP) is 4.86. The number of nitrogens with zero attached hydrogens (tertiary/aromatic N) is 1. The van der Waals surface area contributed by atoms with E-state index in [1.54, 1.807) is 7.11 Å². The molecule has 1 N–H and O–H groups in total. The Balaban J connectivity index is 1.95. The highest BCUT2D eigenvalue weighted by atomic mass is 16.5. The van der Waals surface area contributed by atoms with E-state index < -0.39 is 0 Å². The molecule has 0 saturated carbocycles. The van der Waals surface area contributed by atoms with Gasteiger partial charge in [0.2, 0.25) is 0 Å². The molecule has 0 aromatic heterocycles. The first-order valence-corrected chi connectivity index (χ1v) is 7.18. The van der Waals surface area contributed by atoms with Gasteiger partial charge in [0.1, 0.15) is 5.75 Å². The van der Waals surface area contributed by atoms with Crippen LogP contribution in [0.15, 0.2) is 84.9 Å².